The van der Waals surface area contributed by atoms with Crippen LogP contribution in [-0.4, -0.2) is 16.0 Å². The number of aryl methyl sites for hydroxylation is 1. The van der Waals surface area contributed by atoms with Gasteiger partial charge in [0, 0.05) is 19.0 Å². The molecule has 1 aliphatic rings. The zero-order chi connectivity index (χ0) is 15.1. The van der Waals surface area contributed by atoms with Gasteiger partial charge in [-0.1, -0.05) is 51.1 Å². The van der Waals surface area contributed by atoms with E-state index in [1.165, 1.54) is 44.9 Å². The van der Waals surface area contributed by atoms with Crippen molar-refractivity contribution in [3.8, 4) is 0 Å². The van der Waals surface area contributed by atoms with Gasteiger partial charge in [-0.2, -0.15) is 0 Å². The summed E-state index contributed by atoms with van der Waals surface area (Å²) in [5.74, 6) is 1.87. The Morgan fingerprint density at radius 1 is 1.29 bits per heavy atom. The standard InChI is InChI=1S/C17H30ClN3/c1-3-5-11-16-20-15(17(18)21-16)12-19-14(4-2)13-9-7-6-8-10-13/h13-14,19H,3-12H2,1-2H3,(H,20,21). The fourth-order valence-electron chi connectivity index (χ4n) is 3.43. The van der Waals surface area contributed by atoms with Gasteiger partial charge >= 0.3 is 0 Å². The van der Waals surface area contributed by atoms with Crippen LogP contribution in [0.5, 0.6) is 0 Å². The third-order valence-corrected chi connectivity index (χ3v) is 5.06. The number of aromatic nitrogens is 2. The molecule has 1 fully saturated rings. The molecule has 0 aliphatic heterocycles. The lowest BCUT2D eigenvalue weighted by atomic mass is 9.83. The number of nitrogens with one attached hydrogen (secondary N) is 2. The van der Waals surface area contributed by atoms with E-state index in [1.54, 1.807) is 0 Å². The second-order valence-corrected chi connectivity index (χ2v) is 6.71. The van der Waals surface area contributed by atoms with E-state index in [0.717, 1.165) is 36.8 Å². The highest BCUT2D eigenvalue weighted by Crippen LogP contribution is 2.28. The molecule has 1 heterocycles. The van der Waals surface area contributed by atoms with Gasteiger partial charge in [0.2, 0.25) is 0 Å². The second-order valence-electron chi connectivity index (χ2n) is 6.35. The first-order chi connectivity index (χ1) is 10.2. The molecule has 1 aromatic heterocycles. The summed E-state index contributed by atoms with van der Waals surface area (Å²) in [5.41, 5.74) is 1.05. The van der Waals surface area contributed by atoms with Crippen LogP contribution in [-0.2, 0) is 13.0 Å². The van der Waals surface area contributed by atoms with E-state index in [-0.39, 0.29) is 0 Å². The van der Waals surface area contributed by atoms with Gasteiger partial charge in [0.05, 0.1) is 5.69 Å². The van der Waals surface area contributed by atoms with Gasteiger partial charge in [0.1, 0.15) is 5.82 Å². The van der Waals surface area contributed by atoms with Crippen LogP contribution in [0.3, 0.4) is 0 Å². The third kappa shape index (κ3) is 5.00. The summed E-state index contributed by atoms with van der Waals surface area (Å²) in [7, 11) is 0. The van der Waals surface area contributed by atoms with Gasteiger partial charge in [0.15, 0.2) is 5.15 Å². The molecule has 0 radical (unpaired) electrons. The summed E-state index contributed by atoms with van der Waals surface area (Å²) in [6.07, 6.45) is 11.5. The topological polar surface area (TPSA) is 40.7 Å². The minimum absolute atomic E-state index is 0.615. The van der Waals surface area contributed by atoms with Crippen LogP contribution in [0.1, 0.15) is 76.7 Å². The van der Waals surface area contributed by atoms with Crippen molar-refractivity contribution in [1.82, 2.24) is 15.3 Å². The van der Waals surface area contributed by atoms with Crippen molar-refractivity contribution in [2.24, 2.45) is 5.92 Å². The number of halogens is 1. The number of unbranched alkanes of at least 4 members (excludes halogenated alkanes) is 1. The molecule has 3 nitrogen and oxygen atoms in total. The smallest absolute Gasteiger partial charge is 0.151 e. The predicted octanol–water partition coefficient (Wildman–Crippen LogP) is 4.85. The van der Waals surface area contributed by atoms with Gasteiger partial charge in [-0.15, -0.1) is 0 Å². The van der Waals surface area contributed by atoms with Gasteiger partial charge < -0.3 is 10.3 Å². The van der Waals surface area contributed by atoms with E-state index in [0.29, 0.717) is 11.2 Å². The Balaban J connectivity index is 1.86. The lowest BCUT2D eigenvalue weighted by Crippen LogP contribution is -2.36. The van der Waals surface area contributed by atoms with Crippen molar-refractivity contribution in [1.29, 1.82) is 0 Å². The number of hydrogen-bond donors (Lipinski definition) is 2. The average molecular weight is 312 g/mol. The van der Waals surface area contributed by atoms with Gasteiger partial charge in [-0.3, -0.25) is 0 Å². The van der Waals surface area contributed by atoms with Gasteiger partial charge in [-0.25, -0.2) is 4.98 Å². The molecule has 2 rings (SSSR count). The number of rotatable bonds is 8. The summed E-state index contributed by atoms with van der Waals surface area (Å²) >= 11 is 6.25. The van der Waals surface area contributed by atoms with E-state index < -0.39 is 0 Å². The maximum atomic E-state index is 6.25. The molecule has 120 valence electrons. The van der Waals surface area contributed by atoms with E-state index in [9.17, 15) is 0 Å². The Hall–Kier alpha value is -0.540. The van der Waals surface area contributed by atoms with Crippen LogP contribution in [0, 0.1) is 5.92 Å². The van der Waals surface area contributed by atoms with Gasteiger partial charge in [0.25, 0.3) is 0 Å². The highest BCUT2D eigenvalue weighted by Gasteiger charge is 2.22. The number of imidazole rings is 1. The van der Waals surface area contributed by atoms with E-state index in [2.05, 4.69) is 29.1 Å². The predicted molar refractivity (Wildman–Crippen MR) is 89.7 cm³/mol. The van der Waals surface area contributed by atoms with Crippen molar-refractivity contribution in [3.05, 3.63) is 16.7 Å². The largest absolute Gasteiger partial charge is 0.344 e. The van der Waals surface area contributed by atoms with Crippen molar-refractivity contribution in [2.75, 3.05) is 0 Å². The fraction of sp³-hybridized carbons (Fsp3) is 0.824. The lowest BCUT2D eigenvalue weighted by molar-refractivity contribution is 0.261. The molecule has 0 saturated heterocycles. The minimum Gasteiger partial charge on any atom is -0.344 e. The molecule has 1 aromatic rings. The fourth-order valence-corrected chi connectivity index (χ4v) is 3.65. The second kappa shape index (κ2) is 8.79. The highest BCUT2D eigenvalue weighted by atomic mass is 35.5. The molecule has 1 saturated carbocycles. The molecule has 0 bridgehead atoms. The van der Waals surface area contributed by atoms with Crippen molar-refractivity contribution in [2.45, 2.75) is 84.2 Å². The Morgan fingerprint density at radius 2 is 2.05 bits per heavy atom. The van der Waals surface area contributed by atoms with Crippen LogP contribution in [0.15, 0.2) is 0 Å². The van der Waals surface area contributed by atoms with E-state index in [4.69, 9.17) is 11.6 Å². The molecule has 1 unspecified atom stereocenters. The van der Waals surface area contributed by atoms with E-state index >= 15 is 0 Å². The first kappa shape index (κ1) is 16.8. The average Bonchev–Trinajstić information content (AvgIpc) is 2.87. The molecule has 0 aromatic carbocycles. The summed E-state index contributed by atoms with van der Waals surface area (Å²) in [5, 5.41) is 4.36. The van der Waals surface area contributed by atoms with Crippen LogP contribution < -0.4 is 5.32 Å². The monoisotopic (exact) mass is 311 g/mol. The normalized spacial score (nSPS) is 18.0. The molecule has 21 heavy (non-hydrogen) atoms. The van der Waals surface area contributed by atoms with Crippen LogP contribution in [0.2, 0.25) is 5.15 Å². The van der Waals surface area contributed by atoms with Crippen LogP contribution in [0.25, 0.3) is 0 Å². The highest BCUT2D eigenvalue weighted by molar-refractivity contribution is 6.30. The first-order valence-electron chi connectivity index (χ1n) is 8.71. The molecule has 0 amide bonds. The summed E-state index contributed by atoms with van der Waals surface area (Å²) in [4.78, 5) is 7.83. The molecule has 1 aliphatic carbocycles. The summed E-state index contributed by atoms with van der Waals surface area (Å²) < 4.78 is 0. The third-order valence-electron chi connectivity index (χ3n) is 4.74. The van der Waals surface area contributed by atoms with Crippen molar-refractivity contribution in [3.63, 3.8) is 0 Å². The molecule has 1 atom stereocenters. The number of aromatic amines is 1. The summed E-state index contributed by atoms with van der Waals surface area (Å²) in [6.45, 7) is 5.30. The first-order valence-corrected chi connectivity index (χ1v) is 9.09. The molecule has 0 spiro atoms. The Kier molecular flexibility index (Phi) is 7.05. The van der Waals surface area contributed by atoms with E-state index in [1.807, 2.05) is 0 Å². The molecular formula is C17H30ClN3. The summed E-state index contributed by atoms with van der Waals surface area (Å²) in [6, 6.07) is 0.615. The Morgan fingerprint density at radius 3 is 2.71 bits per heavy atom. The Labute approximate surface area is 134 Å². The minimum atomic E-state index is 0.615. The van der Waals surface area contributed by atoms with Crippen molar-refractivity contribution < 1.29 is 0 Å². The van der Waals surface area contributed by atoms with Crippen LogP contribution >= 0.6 is 11.6 Å². The molecule has 2 N–H and O–H groups in total. The molecular weight excluding hydrogens is 282 g/mol. The Bertz CT molecular complexity index is 410. The van der Waals surface area contributed by atoms with Crippen molar-refractivity contribution >= 4 is 11.6 Å². The quantitative estimate of drug-likeness (QED) is 0.720. The SMILES string of the molecule is CCCCc1nc(Cl)c(CNC(CC)C2CCCCC2)[nH]1. The maximum absolute atomic E-state index is 6.25. The number of hydrogen-bond acceptors (Lipinski definition) is 2. The lowest BCUT2D eigenvalue weighted by Gasteiger charge is -2.30. The van der Waals surface area contributed by atoms with Crippen LogP contribution in [0.4, 0.5) is 0 Å². The zero-order valence-electron chi connectivity index (χ0n) is 13.6. The van der Waals surface area contributed by atoms with Gasteiger partial charge in [-0.05, 0) is 31.6 Å². The zero-order valence-corrected chi connectivity index (χ0v) is 14.3. The molecule has 4 heteroatoms. The number of nitrogens with zero attached hydrogens (tertiary/aromatic N) is 1. The number of H-pyrrole nitrogens is 1. The maximum Gasteiger partial charge on any atom is 0.151 e.